The Kier molecular flexibility index (Phi) is 3.75. The molecule has 1 aromatic rings. The molecule has 0 saturated heterocycles. The predicted molar refractivity (Wildman–Crippen MR) is 56.0 cm³/mol. The van der Waals surface area contributed by atoms with Crippen molar-refractivity contribution < 1.29 is 8.78 Å². The van der Waals surface area contributed by atoms with Crippen LogP contribution in [0.1, 0.15) is 23.1 Å². The second-order valence-corrected chi connectivity index (χ2v) is 3.77. The van der Waals surface area contributed by atoms with Gasteiger partial charge in [0.05, 0.1) is 12.5 Å². The Hall–Kier alpha value is -0.770. The Morgan fingerprint density at radius 2 is 2.29 bits per heavy atom. The summed E-state index contributed by atoms with van der Waals surface area (Å²) in [5.41, 5.74) is 0.941. The number of alkyl halides is 2. The van der Waals surface area contributed by atoms with Gasteiger partial charge in [-0.1, -0.05) is 0 Å². The Bertz CT molecular complexity index is 385. The minimum Gasteiger partial charge on any atom is -0.250 e. The molecule has 0 bridgehead atoms. The van der Waals surface area contributed by atoms with Crippen molar-refractivity contribution in [3.63, 3.8) is 0 Å². The van der Waals surface area contributed by atoms with Crippen LogP contribution >= 0.6 is 22.6 Å². The summed E-state index contributed by atoms with van der Waals surface area (Å²) in [5.74, 6) is 0. The third-order valence-electron chi connectivity index (χ3n) is 1.92. The molecule has 0 unspecified atom stereocenters. The van der Waals surface area contributed by atoms with Crippen molar-refractivity contribution in [3.8, 4) is 6.07 Å². The van der Waals surface area contributed by atoms with Gasteiger partial charge < -0.3 is 0 Å². The van der Waals surface area contributed by atoms with Gasteiger partial charge in [-0.15, -0.1) is 0 Å². The smallest absolute Gasteiger partial charge is 0.250 e. The van der Waals surface area contributed by atoms with E-state index in [-0.39, 0.29) is 12.0 Å². The minimum atomic E-state index is -2.57. The van der Waals surface area contributed by atoms with Gasteiger partial charge in [-0.3, -0.25) is 0 Å². The zero-order valence-electron chi connectivity index (χ0n) is 7.39. The van der Waals surface area contributed by atoms with E-state index < -0.39 is 6.43 Å². The number of hydrogen-bond donors (Lipinski definition) is 0. The Morgan fingerprint density at radius 3 is 2.79 bits per heavy atom. The Labute approximate surface area is 94.1 Å². The molecule has 14 heavy (non-hydrogen) atoms. The minimum absolute atomic E-state index is 0.00400. The van der Waals surface area contributed by atoms with Crippen LogP contribution in [0.15, 0.2) is 6.20 Å². The monoisotopic (exact) mass is 308 g/mol. The van der Waals surface area contributed by atoms with E-state index in [4.69, 9.17) is 5.26 Å². The highest BCUT2D eigenvalue weighted by Crippen LogP contribution is 2.26. The average molecular weight is 308 g/mol. The molecule has 0 aromatic carbocycles. The lowest BCUT2D eigenvalue weighted by atomic mass is 10.0. The summed E-state index contributed by atoms with van der Waals surface area (Å²) in [6.07, 6.45) is -1.42. The number of nitriles is 1. The molecule has 0 N–H and O–H groups in total. The van der Waals surface area contributed by atoms with E-state index in [0.29, 0.717) is 14.8 Å². The topological polar surface area (TPSA) is 36.7 Å². The van der Waals surface area contributed by atoms with Gasteiger partial charge in [0.1, 0.15) is 3.70 Å². The molecule has 0 spiro atoms. The molecule has 1 rings (SSSR count). The van der Waals surface area contributed by atoms with Crippen LogP contribution in [0.3, 0.4) is 0 Å². The van der Waals surface area contributed by atoms with Crippen LogP contribution in [0.4, 0.5) is 8.78 Å². The maximum absolute atomic E-state index is 12.5. The van der Waals surface area contributed by atoms with E-state index in [1.54, 1.807) is 6.92 Å². The van der Waals surface area contributed by atoms with Gasteiger partial charge in [-0.2, -0.15) is 5.26 Å². The van der Waals surface area contributed by atoms with Crippen LogP contribution in [0.2, 0.25) is 0 Å². The standard InChI is InChI=1S/C9H7F2IN2/c1-5-6(2-3-13)7(8(10)11)4-14-9(5)12/h4,8H,2H2,1H3. The van der Waals surface area contributed by atoms with Crippen LogP contribution < -0.4 is 0 Å². The maximum atomic E-state index is 12.5. The summed E-state index contributed by atoms with van der Waals surface area (Å²) in [4.78, 5) is 3.84. The number of hydrogen-bond acceptors (Lipinski definition) is 2. The molecular formula is C9H7F2IN2. The molecule has 0 amide bonds. The lowest BCUT2D eigenvalue weighted by Gasteiger charge is -2.09. The van der Waals surface area contributed by atoms with Crippen LogP contribution in [0, 0.1) is 22.0 Å². The zero-order valence-corrected chi connectivity index (χ0v) is 9.55. The number of aromatic nitrogens is 1. The second-order valence-electron chi connectivity index (χ2n) is 2.74. The Balaban J connectivity index is 3.31. The van der Waals surface area contributed by atoms with Crippen LogP contribution in [-0.4, -0.2) is 4.98 Å². The molecule has 0 aliphatic heterocycles. The van der Waals surface area contributed by atoms with E-state index >= 15 is 0 Å². The lowest BCUT2D eigenvalue weighted by Crippen LogP contribution is -2.01. The molecule has 0 radical (unpaired) electrons. The van der Waals surface area contributed by atoms with Crippen molar-refractivity contribution in [2.24, 2.45) is 0 Å². The van der Waals surface area contributed by atoms with E-state index in [1.807, 2.05) is 28.7 Å². The summed E-state index contributed by atoms with van der Waals surface area (Å²) < 4.78 is 25.7. The highest BCUT2D eigenvalue weighted by Gasteiger charge is 2.16. The van der Waals surface area contributed by atoms with E-state index in [1.165, 1.54) is 0 Å². The maximum Gasteiger partial charge on any atom is 0.265 e. The number of rotatable bonds is 2. The van der Waals surface area contributed by atoms with Crippen molar-refractivity contribution in [3.05, 3.63) is 26.6 Å². The highest BCUT2D eigenvalue weighted by atomic mass is 127. The van der Waals surface area contributed by atoms with Crippen LogP contribution in [-0.2, 0) is 6.42 Å². The van der Waals surface area contributed by atoms with Crippen molar-refractivity contribution in [1.82, 2.24) is 4.98 Å². The second kappa shape index (κ2) is 4.64. The molecule has 2 nitrogen and oxygen atoms in total. The first-order valence-electron chi connectivity index (χ1n) is 3.87. The molecule has 0 aliphatic rings. The zero-order chi connectivity index (χ0) is 10.7. The summed E-state index contributed by atoms with van der Waals surface area (Å²) in [7, 11) is 0. The Morgan fingerprint density at radius 1 is 1.64 bits per heavy atom. The first-order chi connectivity index (χ1) is 6.57. The van der Waals surface area contributed by atoms with Crippen LogP contribution in [0.25, 0.3) is 0 Å². The third-order valence-corrected chi connectivity index (χ3v) is 3.01. The summed E-state index contributed by atoms with van der Waals surface area (Å²) in [6.45, 7) is 1.70. The fourth-order valence-electron chi connectivity index (χ4n) is 1.14. The fraction of sp³-hybridized carbons (Fsp3) is 0.333. The summed E-state index contributed by atoms with van der Waals surface area (Å²) in [5, 5.41) is 8.52. The van der Waals surface area contributed by atoms with Crippen molar-refractivity contribution in [2.75, 3.05) is 0 Å². The molecule has 0 aliphatic carbocycles. The first kappa shape index (κ1) is 11.3. The van der Waals surface area contributed by atoms with Crippen molar-refractivity contribution in [1.29, 1.82) is 5.26 Å². The number of halogens is 3. The fourth-order valence-corrected chi connectivity index (χ4v) is 1.61. The number of nitrogens with zero attached hydrogens (tertiary/aromatic N) is 2. The van der Waals surface area contributed by atoms with Gasteiger partial charge in [0, 0.05) is 11.8 Å². The van der Waals surface area contributed by atoms with Gasteiger partial charge in [0.2, 0.25) is 0 Å². The predicted octanol–water partition coefficient (Wildman–Crippen LogP) is 3.00. The van der Waals surface area contributed by atoms with Crippen LogP contribution in [0.5, 0.6) is 0 Å². The van der Waals surface area contributed by atoms with Crippen molar-refractivity contribution in [2.45, 2.75) is 19.8 Å². The molecule has 74 valence electrons. The molecule has 0 fully saturated rings. The van der Waals surface area contributed by atoms with Gasteiger partial charge >= 0.3 is 0 Å². The van der Waals surface area contributed by atoms with E-state index in [9.17, 15) is 8.78 Å². The molecular weight excluding hydrogens is 301 g/mol. The SMILES string of the molecule is Cc1c(I)ncc(C(F)F)c1CC#N. The first-order valence-corrected chi connectivity index (χ1v) is 4.94. The third kappa shape index (κ3) is 2.18. The largest absolute Gasteiger partial charge is 0.265 e. The van der Waals surface area contributed by atoms with Gasteiger partial charge in [0.15, 0.2) is 0 Å². The molecule has 0 saturated carbocycles. The van der Waals surface area contributed by atoms with E-state index in [2.05, 4.69) is 4.98 Å². The van der Waals surface area contributed by atoms with Gasteiger partial charge in [0.25, 0.3) is 6.43 Å². The number of pyridine rings is 1. The summed E-state index contributed by atoms with van der Waals surface area (Å²) in [6, 6.07) is 1.88. The lowest BCUT2D eigenvalue weighted by molar-refractivity contribution is 0.150. The molecule has 1 aromatic heterocycles. The van der Waals surface area contributed by atoms with Crippen molar-refractivity contribution >= 4 is 22.6 Å². The average Bonchev–Trinajstić information content (AvgIpc) is 2.13. The van der Waals surface area contributed by atoms with E-state index in [0.717, 1.165) is 6.20 Å². The van der Waals surface area contributed by atoms with Gasteiger partial charge in [-0.05, 0) is 40.6 Å². The summed E-state index contributed by atoms with van der Waals surface area (Å²) >= 11 is 1.96. The quantitative estimate of drug-likeness (QED) is 0.622. The molecule has 5 heteroatoms. The highest BCUT2D eigenvalue weighted by molar-refractivity contribution is 14.1. The molecule has 1 heterocycles. The molecule has 0 atom stereocenters. The normalized spacial score (nSPS) is 10.3. The van der Waals surface area contributed by atoms with Gasteiger partial charge in [-0.25, -0.2) is 13.8 Å².